The molecule has 19 heavy (non-hydrogen) atoms. The summed E-state index contributed by atoms with van der Waals surface area (Å²) in [5.74, 6) is 0.171. The lowest BCUT2D eigenvalue weighted by Gasteiger charge is -2.05. The number of aromatic nitrogens is 3. The van der Waals surface area contributed by atoms with Crippen molar-refractivity contribution in [3.05, 3.63) is 44.7 Å². The second kappa shape index (κ2) is 4.29. The van der Waals surface area contributed by atoms with Crippen molar-refractivity contribution in [1.82, 2.24) is 15.2 Å². The fourth-order valence-corrected chi connectivity index (χ4v) is 2.44. The molecule has 0 fully saturated rings. The number of fused-ring (bicyclic) bond motifs is 1. The Balaban J connectivity index is 2.29. The minimum absolute atomic E-state index is 0.171. The minimum Gasteiger partial charge on any atom is -0.382 e. The van der Waals surface area contributed by atoms with Crippen LogP contribution in [0.25, 0.3) is 22.2 Å². The fourth-order valence-electron chi connectivity index (χ4n) is 1.93. The first-order chi connectivity index (χ1) is 9.06. The number of H-pyrrole nitrogens is 2. The number of hydrogen-bond acceptors (Lipinski definition) is 3. The van der Waals surface area contributed by atoms with Crippen molar-refractivity contribution >= 4 is 39.9 Å². The van der Waals surface area contributed by atoms with Gasteiger partial charge in [-0.1, -0.05) is 23.2 Å². The van der Waals surface area contributed by atoms with E-state index >= 15 is 0 Å². The maximum atomic E-state index is 12.0. The SMILES string of the molecule is Nc1n[nH]c2cc(-c3ccc(Cl)cc3Cl)[nH]c(=O)c12. The normalized spacial score (nSPS) is 11.1. The first kappa shape index (κ1) is 12.1. The molecule has 7 heteroatoms. The molecule has 2 aromatic heterocycles. The zero-order valence-corrected chi connectivity index (χ0v) is 11.0. The number of halogens is 2. The van der Waals surface area contributed by atoms with E-state index in [2.05, 4.69) is 15.2 Å². The molecular formula is C12H8Cl2N4O. The Morgan fingerprint density at radius 3 is 2.74 bits per heavy atom. The van der Waals surface area contributed by atoms with Crippen molar-refractivity contribution in [3.63, 3.8) is 0 Å². The highest BCUT2D eigenvalue weighted by Crippen LogP contribution is 2.29. The molecule has 3 rings (SSSR count). The Morgan fingerprint density at radius 1 is 1.21 bits per heavy atom. The molecular weight excluding hydrogens is 287 g/mol. The predicted molar refractivity (Wildman–Crippen MR) is 76.6 cm³/mol. The maximum Gasteiger partial charge on any atom is 0.261 e. The highest BCUT2D eigenvalue weighted by molar-refractivity contribution is 6.36. The number of anilines is 1. The van der Waals surface area contributed by atoms with E-state index in [0.717, 1.165) is 0 Å². The number of aromatic amines is 2. The summed E-state index contributed by atoms with van der Waals surface area (Å²) < 4.78 is 0. The molecule has 0 saturated carbocycles. The highest BCUT2D eigenvalue weighted by Gasteiger charge is 2.11. The van der Waals surface area contributed by atoms with Gasteiger partial charge in [0, 0.05) is 10.6 Å². The topological polar surface area (TPSA) is 87.6 Å². The number of nitrogen functional groups attached to an aromatic ring is 1. The molecule has 0 bridgehead atoms. The van der Waals surface area contributed by atoms with Gasteiger partial charge in [-0.2, -0.15) is 5.10 Å². The first-order valence-corrected chi connectivity index (χ1v) is 6.14. The number of nitrogens with one attached hydrogen (secondary N) is 2. The second-order valence-corrected chi connectivity index (χ2v) is 4.88. The monoisotopic (exact) mass is 294 g/mol. The standard InChI is InChI=1S/C12H8Cl2N4O/c13-5-1-2-6(7(14)3-5)8-4-9-10(12(19)16-8)11(15)18-17-9/h1-4H,(H,16,19)(H3,15,17,18). The Bertz CT molecular complexity index is 837. The summed E-state index contributed by atoms with van der Waals surface area (Å²) >= 11 is 12.0. The van der Waals surface area contributed by atoms with Crippen LogP contribution in [-0.4, -0.2) is 15.2 Å². The van der Waals surface area contributed by atoms with E-state index in [1.54, 1.807) is 24.3 Å². The summed E-state index contributed by atoms with van der Waals surface area (Å²) in [6.07, 6.45) is 0. The van der Waals surface area contributed by atoms with Gasteiger partial charge < -0.3 is 10.7 Å². The molecule has 0 saturated heterocycles. The van der Waals surface area contributed by atoms with Crippen molar-refractivity contribution < 1.29 is 0 Å². The van der Waals surface area contributed by atoms with E-state index in [1.165, 1.54) is 0 Å². The number of nitrogens with two attached hydrogens (primary N) is 1. The van der Waals surface area contributed by atoms with E-state index in [4.69, 9.17) is 28.9 Å². The average Bonchev–Trinajstić information content (AvgIpc) is 2.71. The predicted octanol–water partition coefficient (Wildman–Crippen LogP) is 2.81. The molecule has 0 atom stereocenters. The number of nitrogens with zero attached hydrogens (tertiary/aromatic N) is 1. The van der Waals surface area contributed by atoms with Gasteiger partial charge >= 0.3 is 0 Å². The molecule has 0 unspecified atom stereocenters. The molecule has 0 aliphatic rings. The highest BCUT2D eigenvalue weighted by atomic mass is 35.5. The van der Waals surface area contributed by atoms with Crippen LogP contribution in [-0.2, 0) is 0 Å². The summed E-state index contributed by atoms with van der Waals surface area (Å²) in [6.45, 7) is 0. The van der Waals surface area contributed by atoms with E-state index in [0.29, 0.717) is 32.2 Å². The Hall–Kier alpha value is -1.98. The molecule has 0 amide bonds. The summed E-state index contributed by atoms with van der Waals surface area (Å²) in [6, 6.07) is 6.78. The summed E-state index contributed by atoms with van der Waals surface area (Å²) in [5, 5.41) is 7.84. The van der Waals surface area contributed by atoms with E-state index in [9.17, 15) is 4.79 Å². The summed E-state index contributed by atoms with van der Waals surface area (Å²) in [7, 11) is 0. The molecule has 4 N–H and O–H groups in total. The van der Waals surface area contributed by atoms with Crippen molar-refractivity contribution in [3.8, 4) is 11.3 Å². The van der Waals surface area contributed by atoms with Gasteiger partial charge in [0.15, 0.2) is 5.82 Å². The van der Waals surface area contributed by atoms with Gasteiger partial charge in [0.1, 0.15) is 5.39 Å². The van der Waals surface area contributed by atoms with Gasteiger partial charge in [-0.15, -0.1) is 0 Å². The van der Waals surface area contributed by atoms with E-state index in [-0.39, 0.29) is 11.4 Å². The smallest absolute Gasteiger partial charge is 0.261 e. The van der Waals surface area contributed by atoms with Crippen molar-refractivity contribution in [1.29, 1.82) is 0 Å². The largest absolute Gasteiger partial charge is 0.382 e. The molecule has 0 aliphatic heterocycles. The lowest BCUT2D eigenvalue weighted by atomic mass is 10.1. The number of hydrogen-bond donors (Lipinski definition) is 3. The summed E-state index contributed by atoms with van der Waals surface area (Å²) in [4.78, 5) is 14.7. The van der Waals surface area contributed by atoms with Gasteiger partial charge in [-0.05, 0) is 24.3 Å². The molecule has 96 valence electrons. The lowest BCUT2D eigenvalue weighted by Crippen LogP contribution is -2.08. The van der Waals surface area contributed by atoms with Crippen LogP contribution >= 0.6 is 23.2 Å². The zero-order valence-electron chi connectivity index (χ0n) is 9.50. The van der Waals surface area contributed by atoms with Gasteiger partial charge in [0.05, 0.1) is 16.2 Å². The molecule has 3 aromatic rings. The van der Waals surface area contributed by atoms with Crippen molar-refractivity contribution in [2.24, 2.45) is 0 Å². The van der Waals surface area contributed by atoms with Crippen LogP contribution in [0.3, 0.4) is 0 Å². The average molecular weight is 295 g/mol. The van der Waals surface area contributed by atoms with Gasteiger partial charge in [0.2, 0.25) is 0 Å². The second-order valence-electron chi connectivity index (χ2n) is 4.03. The minimum atomic E-state index is -0.315. The molecule has 0 spiro atoms. The van der Waals surface area contributed by atoms with Crippen molar-refractivity contribution in [2.75, 3.05) is 5.73 Å². The molecule has 0 aliphatic carbocycles. The third-order valence-corrected chi connectivity index (χ3v) is 3.36. The van der Waals surface area contributed by atoms with Crippen LogP contribution in [0.1, 0.15) is 0 Å². The first-order valence-electron chi connectivity index (χ1n) is 5.38. The third kappa shape index (κ3) is 1.97. The van der Waals surface area contributed by atoms with Crippen LogP contribution < -0.4 is 11.3 Å². The molecule has 0 radical (unpaired) electrons. The Kier molecular flexibility index (Phi) is 2.73. The summed E-state index contributed by atoms with van der Waals surface area (Å²) in [5.41, 5.74) is 7.10. The number of pyridine rings is 1. The van der Waals surface area contributed by atoms with Gasteiger partial charge in [-0.25, -0.2) is 0 Å². The van der Waals surface area contributed by atoms with Crippen LogP contribution in [0.2, 0.25) is 10.0 Å². The number of rotatable bonds is 1. The van der Waals surface area contributed by atoms with Crippen LogP contribution in [0.15, 0.2) is 29.1 Å². The number of benzene rings is 1. The van der Waals surface area contributed by atoms with Crippen LogP contribution in [0.5, 0.6) is 0 Å². The van der Waals surface area contributed by atoms with Gasteiger partial charge in [-0.3, -0.25) is 9.89 Å². The van der Waals surface area contributed by atoms with Gasteiger partial charge in [0.25, 0.3) is 5.56 Å². The van der Waals surface area contributed by atoms with E-state index < -0.39 is 0 Å². The molecule has 2 heterocycles. The quantitative estimate of drug-likeness (QED) is 0.645. The molecule has 5 nitrogen and oxygen atoms in total. The molecule has 1 aromatic carbocycles. The fraction of sp³-hybridized carbons (Fsp3) is 0. The van der Waals surface area contributed by atoms with E-state index in [1.807, 2.05) is 0 Å². The van der Waals surface area contributed by atoms with Crippen LogP contribution in [0.4, 0.5) is 5.82 Å². The zero-order chi connectivity index (χ0) is 13.6. The Labute approximate surface area is 117 Å². The maximum absolute atomic E-state index is 12.0. The van der Waals surface area contributed by atoms with Crippen LogP contribution in [0, 0.1) is 0 Å². The lowest BCUT2D eigenvalue weighted by molar-refractivity contribution is 1.13. The third-order valence-electron chi connectivity index (χ3n) is 2.81. The Morgan fingerprint density at radius 2 is 2.00 bits per heavy atom. The van der Waals surface area contributed by atoms with Crippen molar-refractivity contribution in [2.45, 2.75) is 0 Å².